The molecule has 17 heavy (non-hydrogen) atoms. The third-order valence-electron chi connectivity index (χ3n) is 2.12. The maximum absolute atomic E-state index is 11.2. The molecule has 2 heterocycles. The van der Waals surface area contributed by atoms with Crippen molar-refractivity contribution >= 4 is 28.6 Å². The molecular formula is C10H11ClN4OS. The topological polar surface area (TPSA) is 70.7 Å². The van der Waals surface area contributed by atoms with Crippen LogP contribution in [0.4, 0.5) is 5.69 Å². The molecule has 0 unspecified atom stereocenters. The zero-order chi connectivity index (χ0) is 12.3. The Balaban J connectivity index is 1.94. The highest BCUT2D eigenvalue weighted by molar-refractivity contribution is 7.09. The van der Waals surface area contributed by atoms with Gasteiger partial charge in [-0.3, -0.25) is 4.79 Å². The molecule has 2 aromatic rings. The van der Waals surface area contributed by atoms with Crippen molar-refractivity contribution in [3.8, 4) is 0 Å². The van der Waals surface area contributed by atoms with Gasteiger partial charge in [0.2, 0.25) is 0 Å². The van der Waals surface area contributed by atoms with Crippen LogP contribution < -0.4 is 10.9 Å². The van der Waals surface area contributed by atoms with E-state index in [2.05, 4.69) is 20.5 Å². The summed E-state index contributed by atoms with van der Waals surface area (Å²) in [5.74, 6) is 0. The van der Waals surface area contributed by atoms with Crippen molar-refractivity contribution in [3.05, 3.63) is 37.7 Å². The fourth-order valence-electron chi connectivity index (χ4n) is 1.33. The van der Waals surface area contributed by atoms with Crippen LogP contribution >= 0.6 is 22.9 Å². The van der Waals surface area contributed by atoms with Crippen molar-refractivity contribution in [1.29, 1.82) is 0 Å². The summed E-state index contributed by atoms with van der Waals surface area (Å²) in [6.07, 6.45) is 2.29. The van der Waals surface area contributed by atoms with E-state index in [1.807, 2.05) is 12.3 Å². The van der Waals surface area contributed by atoms with Gasteiger partial charge < -0.3 is 5.32 Å². The molecule has 0 fully saturated rings. The average Bonchev–Trinajstić information content (AvgIpc) is 2.70. The van der Waals surface area contributed by atoms with Crippen molar-refractivity contribution in [3.63, 3.8) is 0 Å². The summed E-state index contributed by atoms with van der Waals surface area (Å²) < 4.78 is 0. The summed E-state index contributed by atoms with van der Waals surface area (Å²) in [7, 11) is 0. The van der Waals surface area contributed by atoms with E-state index in [1.165, 1.54) is 6.20 Å². The molecule has 0 saturated heterocycles. The Morgan fingerprint density at radius 3 is 3.12 bits per heavy atom. The Labute approximate surface area is 107 Å². The number of anilines is 1. The number of hydrogen-bond acceptors (Lipinski definition) is 5. The fourth-order valence-corrected chi connectivity index (χ4v) is 2.26. The minimum absolute atomic E-state index is 0.135. The second-order valence-electron chi connectivity index (χ2n) is 3.49. The predicted octanol–water partition coefficient (Wildman–Crippen LogP) is 1.84. The molecule has 0 aliphatic carbocycles. The lowest BCUT2D eigenvalue weighted by Gasteiger charge is -2.05. The molecule has 0 aliphatic heterocycles. The van der Waals surface area contributed by atoms with Crippen LogP contribution in [-0.4, -0.2) is 21.7 Å². The van der Waals surface area contributed by atoms with Crippen molar-refractivity contribution in [2.45, 2.75) is 13.3 Å². The molecular weight excluding hydrogens is 260 g/mol. The molecule has 2 rings (SSSR count). The average molecular weight is 271 g/mol. The minimum atomic E-state index is -0.387. The summed E-state index contributed by atoms with van der Waals surface area (Å²) in [5, 5.41) is 12.2. The van der Waals surface area contributed by atoms with Gasteiger partial charge in [0.1, 0.15) is 5.02 Å². The first-order chi connectivity index (χ1) is 8.16. The lowest BCUT2D eigenvalue weighted by molar-refractivity contribution is 0.959. The Morgan fingerprint density at radius 2 is 2.41 bits per heavy atom. The number of aromatic nitrogens is 3. The van der Waals surface area contributed by atoms with E-state index in [-0.39, 0.29) is 10.6 Å². The van der Waals surface area contributed by atoms with Crippen molar-refractivity contribution in [2.24, 2.45) is 0 Å². The van der Waals surface area contributed by atoms with Crippen LogP contribution in [0, 0.1) is 6.92 Å². The van der Waals surface area contributed by atoms with Crippen molar-refractivity contribution < 1.29 is 0 Å². The Kier molecular flexibility index (Phi) is 3.75. The van der Waals surface area contributed by atoms with Gasteiger partial charge in [0.25, 0.3) is 5.56 Å². The second kappa shape index (κ2) is 5.29. The van der Waals surface area contributed by atoms with Gasteiger partial charge in [-0.1, -0.05) is 11.6 Å². The zero-order valence-corrected chi connectivity index (χ0v) is 10.7. The molecule has 0 aromatic carbocycles. The minimum Gasteiger partial charge on any atom is -0.382 e. The maximum atomic E-state index is 11.2. The molecule has 2 aromatic heterocycles. The van der Waals surface area contributed by atoms with E-state index in [0.29, 0.717) is 12.2 Å². The molecule has 0 radical (unpaired) electrons. The van der Waals surface area contributed by atoms with Crippen LogP contribution in [0.1, 0.15) is 10.7 Å². The van der Waals surface area contributed by atoms with E-state index < -0.39 is 0 Å². The standard InChI is InChI=1S/C10H11ClN4OS/c1-6-5-17-8(14-6)2-3-12-7-4-13-15-10(16)9(7)11/h4-5H,2-3H2,1H3,(H2,12,15,16). The van der Waals surface area contributed by atoms with Gasteiger partial charge >= 0.3 is 0 Å². The molecule has 2 N–H and O–H groups in total. The van der Waals surface area contributed by atoms with Gasteiger partial charge in [-0.25, -0.2) is 10.1 Å². The fraction of sp³-hybridized carbons (Fsp3) is 0.300. The van der Waals surface area contributed by atoms with Gasteiger partial charge in [0.05, 0.1) is 16.9 Å². The Morgan fingerprint density at radius 1 is 1.59 bits per heavy atom. The van der Waals surface area contributed by atoms with Gasteiger partial charge in [-0.2, -0.15) is 5.10 Å². The highest BCUT2D eigenvalue weighted by Gasteiger charge is 2.04. The third kappa shape index (κ3) is 3.04. The van der Waals surface area contributed by atoms with Crippen LogP contribution in [0.15, 0.2) is 16.4 Å². The first-order valence-corrected chi connectivity index (χ1v) is 6.30. The lowest BCUT2D eigenvalue weighted by atomic mass is 10.4. The van der Waals surface area contributed by atoms with Gasteiger partial charge in [-0.15, -0.1) is 11.3 Å². The van der Waals surface area contributed by atoms with Gasteiger partial charge in [-0.05, 0) is 6.92 Å². The number of nitrogens with one attached hydrogen (secondary N) is 2. The first kappa shape index (κ1) is 12.1. The Hall–Kier alpha value is -1.40. The molecule has 90 valence electrons. The normalized spacial score (nSPS) is 10.5. The van der Waals surface area contributed by atoms with Gasteiger partial charge in [0, 0.05) is 24.0 Å². The molecule has 0 saturated carbocycles. The monoisotopic (exact) mass is 270 g/mol. The van der Waals surface area contributed by atoms with E-state index in [1.54, 1.807) is 11.3 Å². The SMILES string of the molecule is Cc1csc(CCNc2cn[nH]c(=O)c2Cl)n1. The van der Waals surface area contributed by atoms with E-state index in [0.717, 1.165) is 17.1 Å². The zero-order valence-electron chi connectivity index (χ0n) is 9.16. The largest absolute Gasteiger partial charge is 0.382 e. The number of halogens is 1. The van der Waals surface area contributed by atoms with E-state index in [9.17, 15) is 4.79 Å². The highest BCUT2D eigenvalue weighted by atomic mass is 35.5. The summed E-state index contributed by atoms with van der Waals surface area (Å²) in [6, 6.07) is 0. The van der Waals surface area contributed by atoms with Crippen molar-refractivity contribution in [1.82, 2.24) is 15.2 Å². The Bertz CT molecular complexity index is 565. The number of aromatic amines is 1. The van der Waals surface area contributed by atoms with Crippen LogP contribution in [0.25, 0.3) is 0 Å². The summed E-state index contributed by atoms with van der Waals surface area (Å²) in [5.41, 5.74) is 1.19. The highest BCUT2D eigenvalue weighted by Crippen LogP contribution is 2.15. The summed E-state index contributed by atoms with van der Waals surface area (Å²) >= 11 is 7.44. The number of H-pyrrole nitrogens is 1. The molecule has 0 aliphatic rings. The smallest absolute Gasteiger partial charge is 0.285 e. The van der Waals surface area contributed by atoms with Crippen molar-refractivity contribution in [2.75, 3.05) is 11.9 Å². The van der Waals surface area contributed by atoms with E-state index >= 15 is 0 Å². The number of rotatable bonds is 4. The maximum Gasteiger partial charge on any atom is 0.285 e. The van der Waals surface area contributed by atoms with Crippen LogP contribution in [-0.2, 0) is 6.42 Å². The summed E-state index contributed by atoms with van der Waals surface area (Å²) in [6.45, 7) is 2.63. The summed E-state index contributed by atoms with van der Waals surface area (Å²) in [4.78, 5) is 15.5. The number of aryl methyl sites for hydroxylation is 1. The quantitative estimate of drug-likeness (QED) is 0.889. The van der Waals surface area contributed by atoms with Crippen LogP contribution in [0.5, 0.6) is 0 Å². The molecule has 0 bridgehead atoms. The van der Waals surface area contributed by atoms with Crippen LogP contribution in [0.3, 0.4) is 0 Å². The molecule has 0 amide bonds. The molecule has 0 spiro atoms. The third-order valence-corrected chi connectivity index (χ3v) is 3.52. The molecule has 7 heteroatoms. The van der Waals surface area contributed by atoms with Gasteiger partial charge in [0.15, 0.2) is 0 Å². The van der Waals surface area contributed by atoms with Crippen LogP contribution in [0.2, 0.25) is 5.02 Å². The number of hydrogen-bond donors (Lipinski definition) is 2. The molecule has 5 nitrogen and oxygen atoms in total. The molecule has 0 atom stereocenters. The van der Waals surface area contributed by atoms with E-state index in [4.69, 9.17) is 11.6 Å². The lowest BCUT2D eigenvalue weighted by Crippen LogP contribution is -2.13. The number of nitrogens with zero attached hydrogens (tertiary/aromatic N) is 2. The number of thiazole rings is 1. The predicted molar refractivity (Wildman–Crippen MR) is 68.9 cm³/mol. The first-order valence-electron chi connectivity index (χ1n) is 5.05. The second-order valence-corrected chi connectivity index (χ2v) is 4.81.